The van der Waals surface area contributed by atoms with Gasteiger partial charge in [-0.2, -0.15) is 5.10 Å². The van der Waals surface area contributed by atoms with E-state index in [4.69, 9.17) is 27.9 Å². The number of ether oxygens (including phenoxy) is 1. The molecule has 1 aliphatic rings. The zero-order valence-electron chi connectivity index (χ0n) is 7.29. The maximum Gasteiger partial charge on any atom is 0.152 e. The Kier molecular flexibility index (Phi) is 3.57. The highest BCUT2D eigenvalue weighted by Crippen LogP contribution is 2.29. The van der Waals surface area contributed by atoms with Crippen LogP contribution in [0.25, 0.3) is 0 Å². The van der Waals surface area contributed by atoms with Gasteiger partial charge in [-0.1, -0.05) is 23.2 Å². The Hall–Kier alpha value is 0.480. The van der Waals surface area contributed by atoms with Gasteiger partial charge in [-0.15, -0.1) is 0 Å². The van der Waals surface area contributed by atoms with Gasteiger partial charge in [0.25, 0.3) is 0 Å². The summed E-state index contributed by atoms with van der Waals surface area (Å²) in [4.78, 5) is 0. The Labute approximate surface area is 106 Å². The molecule has 1 aliphatic heterocycles. The van der Waals surface area contributed by atoms with Crippen molar-refractivity contribution in [2.24, 2.45) is 0 Å². The van der Waals surface area contributed by atoms with Crippen molar-refractivity contribution in [1.29, 1.82) is 0 Å². The van der Waals surface area contributed by atoms with E-state index in [1.54, 1.807) is 10.9 Å². The maximum absolute atomic E-state index is 5.91. The summed E-state index contributed by atoms with van der Waals surface area (Å²) in [6.45, 7) is 0. The standard InChI is InChI=1S/C8H9Cl2IN2O/c9-5-4-13(12-8(5)11)7-3-1-2-6(10)14-7/h4,6-7H,1-3H2. The van der Waals surface area contributed by atoms with Gasteiger partial charge >= 0.3 is 0 Å². The zero-order chi connectivity index (χ0) is 10.1. The molecule has 0 bridgehead atoms. The topological polar surface area (TPSA) is 27.1 Å². The molecule has 1 saturated heterocycles. The number of nitrogens with zero attached hydrogens (tertiary/aromatic N) is 2. The van der Waals surface area contributed by atoms with Gasteiger partial charge in [0.15, 0.2) is 6.23 Å². The molecule has 0 radical (unpaired) electrons. The molecule has 0 saturated carbocycles. The number of rotatable bonds is 1. The van der Waals surface area contributed by atoms with Crippen LogP contribution in [0.2, 0.25) is 5.02 Å². The minimum atomic E-state index is -0.200. The minimum absolute atomic E-state index is 0.0627. The summed E-state index contributed by atoms with van der Waals surface area (Å²) in [5.41, 5.74) is -0.200. The predicted molar refractivity (Wildman–Crippen MR) is 63.6 cm³/mol. The lowest BCUT2D eigenvalue weighted by Crippen LogP contribution is -2.22. The highest BCUT2D eigenvalue weighted by atomic mass is 127. The molecule has 78 valence electrons. The van der Waals surface area contributed by atoms with Crippen molar-refractivity contribution in [3.63, 3.8) is 0 Å². The van der Waals surface area contributed by atoms with E-state index >= 15 is 0 Å². The molecule has 1 fully saturated rings. The van der Waals surface area contributed by atoms with Gasteiger partial charge in [-0.3, -0.25) is 0 Å². The number of alkyl halides is 1. The van der Waals surface area contributed by atoms with Crippen LogP contribution in [-0.4, -0.2) is 15.3 Å². The van der Waals surface area contributed by atoms with Crippen molar-refractivity contribution in [2.45, 2.75) is 31.1 Å². The second kappa shape index (κ2) is 4.55. The first-order valence-electron chi connectivity index (χ1n) is 4.36. The molecule has 0 N–H and O–H groups in total. The molecule has 0 amide bonds. The third kappa shape index (κ3) is 2.35. The second-order valence-corrected chi connectivity index (χ2v) is 5.10. The summed E-state index contributed by atoms with van der Waals surface area (Å²) in [5.74, 6) is 0. The quantitative estimate of drug-likeness (QED) is 0.575. The van der Waals surface area contributed by atoms with Gasteiger partial charge in [-0.05, 0) is 41.9 Å². The first-order chi connectivity index (χ1) is 6.66. The van der Waals surface area contributed by atoms with E-state index in [0.29, 0.717) is 5.02 Å². The second-order valence-electron chi connectivity index (χ2n) is 3.18. The predicted octanol–water partition coefficient (Wildman–Crippen LogP) is 3.41. The Bertz CT molecular complexity index is 312. The zero-order valence-corrected chi connectivity index (χ0v) is 11.0. The molecular formula is C8H9Cl2IN2O. The average Bonchev–Trinajstić information content (AvgIpc) is 2.47. The summed E-state index contributed by atoms with van der Waals surface area (Å²) in [5, 5.41) is 4.91. The first-order valence-corrected chi connectivity index (χ1v) is 6.26. The van der Waals surface area contributed by atoms with E-state index in [1.165, 1.54) is 0 Å². The molecule has 6 heteroatoms. The summed E-state index contributed by atoms with van der Waals surface area (Å²) in [7, 11) is 0. The van der Waals surface area contributed by atoms with Crippen molar-refractivity contribution in [1.82, 2.24) is 9.78 Å². The average molecular weight is 347 g/mol. The van der Waals surface area contributed by atoms with Gasteiger partial charge < -0.3 is 4.74 Å². The van der Waals surface area contributed by atoms with Gasteiger partial charge in [0.05, 0.1) is 5.02 Å². The van der Waals surface area contributed by atoms with Crippen LogP contribution < -0.4 is 0 Å². The maximum atomic E-state index is 5.91. The fraction of sp³-hybridized carbons (Fsp3) is 0.625. The van der Waals surface area contributed by atoms with Crippen LogP contribution in [0.1, 0.15) is 25.5 Å². The van der Waals surface area contributed by atoms with Crippen molar-refractivity contribution in [2.75, 3.05) is 0 Å². The Morgan fingerprint density at radius 3 is 2.93 bits per heavy atom. The molecule has 2 heterocycles. The largest absolute Gasteiger partial charge is 0.338 e. The normalized spacial score (nSPS) is 27.9. The molecule has 0 aromatic carbocycles. The highest BCUT2D eigenvalue weighted by Gasteiger charge is 2.23. The number of hydrogen-bond donors (Lipinski definition) is 0. The summed E-state index contributed by atoms with van der Waals surface area (Å²) in [6, 6.07) is 0. The van der Waals surface area contributed by atoms with Crippen molar-refractivity contribution in [3.8, 4) is 0 Å². The molecular weight excluding hydrogens is 338 g/mol. The van der Waals surface area contributed by atoms with Crippen LogP contribution in [0.15, 0.2) is 6.20 Å². The van der Waals surface area contributed by atoms with Crippen molar-refractivity contribution >= 4 is 45.8 Å². The van der Waals surface area contributed by atoms with Crippen LogP contribution in [0, 0.1) is 3.70 Å². The first kappa shape index (κ1) is 11.0. The lowest BCUT2D eigenvalue weighted by Gasteiger charge is -2.26. The molecule has 1 aromatic rings. The Morgan fingerprint density at radius 1 is 1.57 bits per heavy atom. The third-order valence-electron chi connectivity index (χ3n) is 2.13. The SMILES string of the molecule is Clc1cn(C2CCCC(Cl)O2)nc1I. The molecule has 0 aliphatic carbocycles. The van der Waals surface area contributed by atoms with Crippen LogP contribution >= 0.6 is 45.8 Å². The Morgan fingerprint density at radius 2 is 2.36 bits per heavy atom. The van der Waals surface area contributed by atoms with Crippen LogP contribution in [0.4, 0.5) is 0 Å². The summed E-state index contributed by atoms with van der Waals surface area (Å²) >= 11 is 13.9. The van der Waals surface area contributed by atoms with Crippen LogP contribution in [0.5, 0.6) is 0 Å². The van der Waals surface area contributed by atoms with E-state index in [1.807, 2.05) is 0 Å². The Balaban J connectivity index is 2.14. The van der Waals surface area contributed by atoms with Gasteiger partial charge in [0, 0.05) is 6.20 Å². The van der Waals surface area contributed by atoms with E-state index in [0.717, 1.165) is 23.0 Å². The monoisotopic (exact) mass is 346 g/mol. The van der Waals surface area contributed by atoms with Gasteiger partial charge in [0.1, 0.15) is 9.26 Å². The molecule has 2 rings (SSSR count). The van der Waals surface area contributed by atoms with E-state index < -0.39 is 0 Å². The third-order valence-corrected chi connectivity index (χ3v) is 3.84. The smallest absolute Gasteiger partial charge is 0.152 e. The van der Waals surface area contributed by atoms with Crippen LogP contribution in [-0.2, 0) is 4.74 Å². The van der Waals surface area contributed by atoms with E-state index in [2.05, 4.69) is 27.7 Å². The highest BCUT2D eigenvalue weighted by molar-refractivity contribution is 14.1. The number of hydrogen-bond acceptors (Lipinski definition) is 2. The van der Waals surface area contributed by atoms with E-state index in [9.17, 15) is 0 Å². The van der Waals surface area contributed by atoms with Crippen molar-refractivity contribution < 1.29 is 4.74 Å². The molecule has 2 atom stereocenters. The van der Waals surface area contributed by atoms with Gasteiger partial charge in [-0.25, -0.2) is 4.68 Å². The molecule has 2 unspecified atom stereocenters. The lowest BCUT2D eigenvalue weighted by molar-refractivity contribution is -0.0599. The fourth-order valence-corrected chi connectivity index (χ4v) is 2.25. The molecule has 0 spiro atoms. The van der Waals surface area contributed by atoms with Gasteiger partial charge in [0.2, 0.25) is 0 Å². The number of aromatic nitrogens is 2. The van der Waals surface area contributed by atoms with Crippen LogP contribution in [0.3, 0.4) is 0 Å². The van der Waals surface area contributed by atoms with Crippen molar-refractivity contribution in [3.05, 3.63) is 14.9 Å². The molecule has 3 nitrogen and oxygen atoms in total. The van der Waals surface area contributed by atoms with E-state index in [-0.39, 0.29) is 11.8 Å². The lowest BCUT2D eigenvalue weighted by atomic mass is 10.2. The minimum Gasteiger partial charge on any atom is -0.338 e. The fourth-order valence-electron chi connectivity index (χ4n) is 1.45. The molecule has 14 heavy (non-hydrogen) atoms. The number of halogens is 3. The summed E-state index contributed by atoms with van der Waals surface area (Å²) < 4.78 is 8.09. The summed E-state index contributed by atoms with van der Waals surface area (Å²) in [6.07, 6.45) is 4.63. The molecule has 1 aromatic heterocycles.